The highest BCUT2D eigenvalue weighted by molar-refractivity contribution is 5.91. The van der Waals surface area contributed by atoms with Crippen LogP contribution in [0, 0.1) is 11.3 Å². The Morgan fingerprint density at radius 3 is 1.94 bits per heavy atom. The Balaban J connectivity index is 1.87. The average Bonchev–Trinajstić information content (AvgIpc) is 3.26. The molecule has 0 fully saturated rings. The molecular formula is C27H22N2O5. The van der Waals surface area contributed by atoms with E-state index in [0.29, 0.717) is 34.1 Å². The first-order chi connectivity index (χ1) is 16.6. The first kappa shape index (κ1) is 22.5. The summed E-state index contributed by atoms with van der Waals surface area (Å²) in [6, 6.07) is 21.7. The van der Waals surface area contributed by atoms with Crippen LogP contribution in [0.25, 0.3) is 22.5 Å². The van der Waals surface area contributed by atoms with Crippen molar-refractivity contribution in [3.63, 3.8) is 0 Å². The van der Waals surface area contributed by atoms with E-state index in [1.54, 1.807) is 26.4 Å². The number of hydrogen-bond donors (Lipinski definition) is 1. The standard InChI is InChI=1S/C27H22N2O5/c1-31-20-8-4-17(5-9-20)25-23(15-28)27(29-16-19-14-22(33-3)12-13-24(19)30)34-26(25)18-6-10-21(32-2)11-7-18/h4-14,16,30H,1-3H3. The van der Waals surface area contributed by atoms with E-state index in [1.807, 2.05) is 48.5 Å². The van der Waals surface area contributed by atoms with E-state index in [1.165, 1.54) is 19.4 Å². The zero-order valence-electron chi connectivity index (χ0n) is 18.9. The molecule has 34 heavy (non-hydrogen) atoms. The van der Waals surface area contributed by atoms with E-state index in [2.05, 4.69) is 11.1 Å². The summed E-state index contributed by atoms with van der Waals surface area (Å²) in [5, 5.41) is 20.2. The molecule has 170 valence electrons. The molecule has 0 unspecified atom stereocenters. The lowest BCUT2D eigenvalue weighted by Crippen LogP contribution is -1.87. The molecule has 4 rings (SSSR count). The molecule has 7 heteroatoms. The van der Waals surface area contributed by atoms with E-state index in [4.69, 9.17) is 18.6 Å². The maximum absolute atomic E-state index is 10.2. The number of phenols is 1. The molecule has 0 bridgehead atoms. The molecule has 3 aromatic carbocycles. The van der Waals surface area contributed by atoms with Gasteiger partial charge in [-0.15, -0.1) is 0 Å². The largest absolute Gasteiger partial charge is 0.507 e. The Labute approximate surface area is 197 Å². The van der Waals surface area contributed by atoms with Crippen molar-refractivity contribution in [2.45, 2.75) is 0 Å². The van der Waals surface area contributed by atoms with Crippen molar-refractivity contribution in [3.05, 3.63) is 77.9 Å². The summed E-state index contributed by atoms with van der Waals surface area (Å²) in [7, 11) is 4.73. The van der Waals surface area contributed by atoms with Crippen LogP contribution in [0.4, 0.5) is 5.88 Å². The number of aliphatic imine (C=N–C) groups is 1. The third-order valence-electron chi connectivity index (χ3n) is 5.29. The Morgan fingerprint density at radius 1 is 0.824 bits per heavy atom. The van der Waals surface area contributed by atoms with Gasteiger partial charge in [0.2, 0.25) is 5.88 Å². The molecule has 1 N–H and O–H groups in total. The second-order valence-electron chi connectivity index (χ2n) is 7.24. The Morgan fingerprint density at radius 2 is 1.38 bits per heavy atom. The van der Waals surface area contributed by atoms with E-state index in [-0.39, 0.29) is 17.2 Å². The first-order valence-electron chi connectivity index (χ1n) is 10.3. The highest BCUT2D eigenvalue weighted by atomic mass is 16.5. The number of rotatable bonds is 7. The molecule has 0 amide bonds. The number of nitriles is 1. The van der Waals surface area contributed by atoms with Crippen molar-refractivity contribution < 1.29 is 23.7 Å². The molecule has 1 heterocycles. The second kappa shape index (κ2) is 9.84. The molecule has 0 aliphatic heterocycles. The van der Waals surface area contributed by atoms with Crippen molar-refractivity contribution in [3.8, 4) is 51.5 Å². The second-order valence-corrected chi connectivity index (χ2v) is 7.24. The van der Waals surface area contributed by atoms with Gasteiger partial charge in [0.25, 0.3) is 0 Å². The first-order valence-corrected chi connectivity index (χ1v) is 10.3. The van der Waals surface area contributed by atoms with Gasteiger partial charge in [0.1, 0.15) is 40.4 Å². The van der Waals surface area contributed by atoms with E-state index in [9.17, 15) is 10.4 Å². The van der Waals surface area contributed by atoms with Crippen molar-refractivity contribution in [2.75, 3.05) is 21.3 Å². The van der Waals surface area contributed by atoms with Crippen LogP contribution in [0.2, 0.25) is 0 Å². The Bertz CT molecular complexity index is 1360. The van der Waals surface area contributed by atoms with Gasteiger partial charge in [0.05, 0.1) is 21.3 Å². The zero-order valence-corrected chi connectivity index (χ0v) is 18.9. The summed E-state index contributed by atoms with van der Waals surface area (Å²) in [5.74, 6) is 2.61. The molecule has 0 aliphatic carbocycles. The fraction of sp³-hybridized carbons (Fsp3) is 0.111. The number of hydrogen-bond acceptors (Lipinski definition) is 7. The summed E-state index contributed by atoms with van der Waals surface area (Å²) in [6.07, 6.45) is 1.44. The summed E-state index contributed by atoms with van der Waals surface area (Å²) in [4.78, 5) is 4.40. The maximum Gasteiger partial charge on any atom is 0.238 e. The number of ether oxygens (including phenoxy) is 3. The lowest BCUT2D eigenvalue weighted by molar-refractivity contribution is 0.412. The van der Waals surface area contributed by atoms with Crippen LogP contribution in [-0.2, 0) is 0 Å². The SMILES string of the molecule is COc1ccc(-c2oc(N=Cc3cc(OC)ccc3O)c(C#N)c2-c2ccc(OC)cc2)cc1. The average molecular weight is 454 g/mol. The molecule has 0 spiro atoms. The minimum absolute atomic E-state index is 0.0281. The predicted octanol–water partition coefficient (Wildman–Crippen LogP) is 5.97. The lowest BCUT2D eigenvalue weighted by atomic mass is 9.98. The summed E-state index contributed by atoms with van der Waals surface area (Å²) >= 11 is 0. The van der Waals surface area contributed by atoms with Crippen LogP contribution in [0.3, 0.4) is 0 Å². The van der Waals surface area contributed by atoms with Crippen LogP contribution >= 0.6 is 0 Å². The Kier molecular flexibility index (Phi) is 6.51. The fourth-order valence-electron chi connectivity index (χ4n) is 3.48. The normalized spacial score (nSPS) is 10.8. The molecule has 0 radical (unpaired) electrons. The van der Waals surface area contributed by atoms with Crippen LogP contribution in [-0.4, -0.2) is 32.7 Å². The van der Waals surface area contributed by atoms with E-state index in [0.717, 1.165) is 11.1 Å². The summed E-state index contributed by atoms with van der Waals surface area (Å²) < 4.78 is 21.9. The molecule has 7 nitrogen and oxygen atoms in total. The van der Waals surface area contributed by atoms with Gasteiger partial charge in [-0.2, -0.15) is 5.26 Å². The molecule has 1 aromatic heterocycles. The third-order valence-corrected chi connectivity index (χ3v) is 5.29. The highest BCUT2D eigenvalue weighted by Crippen LogP contribution is 2.43. The van der Waals surface area contributed by atoms with Crippen molar-refractivity contribution in [1.29, 1.82) is 5.26 Å². The maximum atomic E-state index is 10.2. The number of furan rings is 1. The van der Waals surface area contributed by atoms with Gasteiger partial charge in [-0.25, -0.2) is 4.99 Å². The fourth-order valence-corrected chi connectivity index (χ4v) is 3.48. The van der Waals surface area contributed by atoms with Crippen molar-refractivity contribution in [1.82, 2.24) is 0 Å². The monoisotopic (exact) mass is 454 g/mol. The number of methoxy groups -OCH3 is 3. The van der Waals surface area contributed by atoms with Crippen LogP contribution in [0.1, 0.15) is 11.1 Å². The van der Waals surface area contributed by atoms with Crippen LogP contribution < -0.4 is 14.2 Å². The van der Waals surface area contributed by atoms with Crippen LogP contribution in [0.5, 0.6) is 23.0 Å². The van der Waals surface area contributed by atoms with Crippen molar-refractivity contribution in [2.24, 2.45) is 4.99 Å². The molecular weight excluding hydrogens is 432 g/mol. The quantitative estimate of drug-likeness (QED) is 0.346. The number of nitrogens with zero attached hydrogens (tertiary/aromatic N) is 2. The zero-order chi connectivity index (χ0) is 24.1. The van der Waals surface area contributed by atoms with Gasteiger partial charge in [-0.1, -0.05) is 12.1 Å². The minimum Gasteiger partial charge on any atom is -0.507 e. The van der Waals surface area contributed by atoms with Crippen LogP contribution in [0.15, 0.2) is 76.1 Å². The van der Waals surface area contributed by atoms with Gasteiger partial charge in [-0.3, -0.25) is 0 Å². The number of phenolic OH excluding ortho intramolecular Hbond substituents is 1. The summed E-state index contributed by atoms with van der Waals surface area (Å²) in [6.45, 7) is 0. The minimum atomic E-state index is 0.0281. The lowest BCUT2D eigenvalue weighted by Gasteiger charge is -2.06. The number of benzene rings is 3. The van der Waals surface area contributed by atoms with Gasteiger partial charge in [0.15, 0.2) is 0 Å². The molecule has 0 aliphatic rings. The Hall–Kier alpha value is -4.70. The third kappa shape index (κ3) is 4.43. The molecule has 4 aromatic rings. The van der Waals surface area contributed by atoms with Gasteiger partial charge < -0.3 is 23.7 Å². The molecule has 0 saturated heterocycles. The topological polar surface area (TPSA) is 97.2 Å². The smallest absolute Gasteiger partial charge is 0.238 e. The van der Waals surface area contributed by atoms with Gasteiger partial charge >= 0.3 is 0 Å². The van der Waals surface area contributed by atoms with Gasteiger partial charge in [0, 0.05) is 22.9 Å². The number of aromatic hydroxyl groups is 1. The highest BCUT2D eigenvalue weighted by Gasteiger charge is 2.23. The van der Waals surface area contributed by atoms with Crippen molar-refractivity contribution >= 4 is 12.1 Å². The van der Waals surface area contributed by atoms with Gasteiger partial charge in [-0.05, 0) is 60.2 Å². The molecule has 0 atom stereocenters. The summed E-state index contributed by atoms with van der Waals surface area (Å²) in [5.41, 5.74) is 2.84. The predicted molar refractivity (Wildman–Crippen MR) is 129 cm³/mol. The molecule has 0 saturated carbocycles. The van der Waals surface area contributed by atoms with E-state index < -0.39 is 0 Å². The van der Waals surface area contributed by atoms with E-state index >= 15 is 0 Å².